The number of para-hydroxylation sites is 1. The van der Waals surface area contributed by atoms with Crippen molar-refractivity contribution in [2.24, 2.45) is 0 Å². The summed E-state index contributed by atoms with van der Waals surface area (Å²) in [6.45, 7) is 0. The van der Waals surface area contributed by atoms with Crippen LogP contribution >= 0.6 is 11.6 Å². The van der Waals surface area contributed by atoms with E-state index in [1.807, 2.05) is 0 Å². The molecule has 0 aliphatic carbocycles. The van der Waals surface area contributed by atoms with Gasteiger partial charge in [0, 0.05) is 23.0 Å². The third-order valence-electron chi connectivity index (χ3n) is 4.64. The van der Waals surface area contributed by atoms with Gasteiger partial charge < -0.3 is 5.11 Å². The second-order valence-corrected chi connectivity index (χ2v) is 6.93. The fourth-order valence-corrected chi connectivity index (χ4v) is 3.49. The number of pyridine rings is 1. The van der Waals surface area contributed by atoms with Gasteiger partial charge >= 0.3 is 12.1 Å². The van der Waals surface area contributed by atoms with Crippen LogP contribution in [0.5, 0.6) is 0 Å². The molecule has 0 radical (unpaired) electrons. The van der Waals surface area contributed by atoms with Crippen molar-refractivity contribution in [2.45, 2.75) is 12.6 Å². The van der Waals surface area contributed by atoms with Crippen molar-refractivity contribution in [3.05, 3.63) is 88.2 Å². The molecule has 2 heterocycles. The number of aromatic carboxylic acids is 1. The van der Waals surface area contributed by atoms with E-state index in [9.17, 15) is 18.0 Å². The number of fused-ring (bicyclic) bond motifs is 1. The lowest BCUT2D eigenvalue weighted by Gasteiger charge is -2.13. The molecule has 0 aliphatic heterocycles. The van der Waals surface area contributed by atoms with Crippen LogP contribution in [0.2, 0.25) is 5.02 Å². The Labute approximate surface area is 173 Å². The molecule has 0 saturated carbocycles. The molecule has 0 spiro atoms. The van der Waals surface area contributed by atoms with E-state index in [1.54, 1.807) is 24.3 Å². The first-order valence-corrected chi connectivity index (χ1v) is 9.14. The minimum Gasteiger partial charge on any atom is -0.478 e. The molecule has 2 aromatic heterocycles. The lowest BCUT2D eigenvalue weighted by atomic mass is 10.0. The van der Waals surface area contributed by atoms with Gasteiger partial charge in [0.05, 0.1) is 22.3 Å². The third kappa shape index (κ3) is 3.61. The van der Waals surface area contributed by atoms with Crippen molar-refractivity contribution >= 4 is 28.5 Å². The van der Waals surface area contributed by atoms with E-state index < -0.39 is 17.7 Å². The highest BCUT2D eigenvalue weighted by Crippen LogP contribution is 2.37. The van der Waals surface area contributed by atoms with Crippen molar-refractivity contribution in [3.63, 3.8) is 0 Å². The van der Waals surface area contributed by atoms with E-state index in [-0.39, 0.29) is 22.6 Å². The van der Waals surface area contributed by atoms with Crippen LogP contribution in [-0.2, 0) is 12.6 Å². The summed E-state index contributed by atoms with van der Waals surface area (Å²) in [5.74, 6) is -0.767. The SMILES string of the molecule is O=C(O)c1ccc(-n2nc(Cc3c(Cl)cccc3C(F)(F)F)c3ccccc32)nc1. The van der Waals surface area contributed by atoms with Gasteiger partial charge in [-0.15, -0.1) is 0 Å². The van der Waals surface area contributed by atoms with Crippen molar-refractivity contribution in [3.8, 4) is 5.82 Å². The zero-order chi connectivity index (χ0) is 21.5. The number of aromatic nitrogens is 3. The summed E-state index contributed by atoms with van der Waals surface area (Å²) in [4.78, 5) is 15.2. The Bertz CT molecular complexity index is 1250. The minimum atomic E-state index is -4.55. The van der Waals surface area contributed by atoms with Gasteiger partial charge in [0.15, 0.2) is 5.82 Å². The van der Waals surface area contributed by atoms with Crippen LogP contribution in [0.1, 0.15) is 27.2 Å². The van der Waals surface area contributed by atoms with Crippen LogP contribution in [0.3, 0.4) is 0 Å². The average Bonchev–Trinajstić information content (AvgIpc) is 3.07. The fourth-order valence-electron chi connectivity index (χ4n) is 3.25. The summed E-state index contributed by atoms with van der Waals surface area (Å²) >= 11 is 6.10. The maximum absolute atomic E-state index is 13.5. The molecular weight excluding hydrogens is 419 g/mol. The lowest BCUT2D eigenvalue weighted by molar-refractivity contribution is -0.138. The summed E-state index contributed by atoms with van der Waals surface area (Å²) in [5, 5.41) is 14.2. The van der Waals surface area contributed by atoms with Crippen LogP contribution in [0.4, 0.5) is 13.2 Å². The van der Waals surface area contributed by atoms with Crippen LogP contribution in [0.25, 0.3) is 16.7 Å². The standard InChI is InChI=1S/C21H13ClF3N3O2/c22-16-6-3-5-15(21(23,24)25)14(16)10-17-13-4-1-2-7-18(13)28(27-17)19-9-8-12(11-26-19)20(29)30/h1-9,11H,10H2,(H,29,30). The second-order valence-electron chi connectivity index (χ2n) is 6.53. The monoisotopic (exact) mass is 431 g/mol. The third-order valence-corrected chi connectivity index (χ3v) is 5.00. The molecule has 152 valence electrons. The number of hydrogen-bond acceptors (Lipinski definition) is 3. The van der Waals surface area contributed by atoms with Crippen LogP contribution in [0, 0.1) is 0 Å². The number of halogens is 4. The molecule has 0 fully saturated rings. The molecule has 0 unspecified atom stereocenters. The van der Waals surface area contributed by atoms with Crippen LogP contribution in [0.15, 0.2) is 60.8 Å². The molecule has 0 aliphatic rings. The predicted octanol–water partition coefficient (Wildman–Crippen LogP) is 5.38. The number of hydrogen-bond donors (Lipinski definition) is 1. The molecule has 30 heavy (non-hydrogen) atoms. The van der Waals surface area contributed by atoms with Gasteiger partial charge in [-0.05, 0) is 35.9 Å². The molecule has 4 aromatic rings. The molecule has 1 N–H and O–H groups in total. The summed E-state index contributed by atoms with van der Waals surface area (Å²) in [6.07, 6.45) is -3.48. The summed E-state index contributed by atoms with van der Waals surface area (Å²) < 4.78 is 41.9. The average molecular weight is 432 g/mol. The predicted molar refractivity (Wildman–Crippen MR) is 105 cm³/mol. The van der Waals surface area contributed by atoms with E-state index in [1.165, 1.54) is 35.1 Å². The van der Waals surface area contributed by atoms with Gasteiger partial charge in [0.25, 0.3) is 0 Å². The molecule has 0 bridgehead atoms. The molecule has 5 nitrogen and oxygen atoms in total. The fraction of sp³-hybridized carbons (Fsp3) is 0.0952. The van der Waals surface area contributed by atoms with Crippen LogP contribution in [-0.4, -0.2) is 25.8 Å². The van der Waals surface area contributed by atoms with E-state index in [0.717, 1.165) is 6.07 Å². The zero-order valence-electron chi connectivity index (χ0n) is 15.2. The number of nitrogens with zero attached hydrogens (tertiary/aromatic N) is 3. The maximum atomic E-state index is 13.5. The molecule has 4 rings (SSSR count). The first-order chi connectivity index (χ1) is 14.3. The van der Waals surface area contributed by atoms with Crippen LogP contribution < -0.4 is 0 Å². The Morgan fingerprint density at radius 2 is 1.83 bits per heavy atom. The molecule has 2 aromatic carbocycles. The first kappa shape index (κ1) is 19.9. The van der Waals surface area contributed by atoms with E-state index in [4.69, 9.17) is 16.7 Å². The summed E-state index contributed by atoms with van der Waals surface area (Å²) in [6, 6.07) is 13.6. The van der Waals surface area contributed by atoms with E-state index in [2.05, 4.69) is 10.1 Å². The van der Waals surface area contributed by atoms with Crippen molar-refractivity contribution < 1.29 is 23.1 Å². The highest BCUT2D eigenvalue weighted by atomic mass is 35.5. The van der Waals surface area contributed by atoms with Gasteiger partial charge in [-0.3, -0.25) is 0 Å². The quantitative estimate of drug-likeness (QED) is 0.471. The van der Waals surface area contributed by atoms with Gasteiger partial charge in [0.1, 0.15) is 0 Å². The first-order valence-electron chi connectivity index (χ1n) is 8.76. The Morgan fingerprint density at radius 3 is 2.50 bits per heavy atom. The van der Waals surface area contributed by atoms with E-state index in [0.29, 0.717) is 22.4 Å². The lowest BCUT2D eigenvalue weighted by Crippen LogP contribution is -2.10. The molecular formula is C21H13ClF3N3O2. The van der Waals surface area contributed by atoms with Crippen molar-refractivity contribution in [2.75, 3.05) is 0 Å². The number of carbonyl (C=O) groups is 1. The Kier molecular flexibility index (Phi) is 4.95. The topological polar surface area (TPSA) is 68.0 Å². The second kappa shape index (κ2) is 7.46. The maximum Gasteiger partial charge on any atom is 0.416 e. The van der Waals surface area contributed by atoms with Gasteiger partial charge in [0.2, 0.25) is 0 Å². The minimum absolute atomic E-state index is 0.00684. The number of carboxylic acid groups (broad SMARTS) is 1. The van der Waals surface area contributed by atoms with Gasteiger partial charge in [-0.25, -0.2) is 14.5 Å². The number of rotatable bonds is 4. The van der Waals surface area contributed by atoms with Crippen molar-refractivity contribution in [1.82, 2.24) is 14.8 Å². The number of carboxylic acids is 1. The number of benzene rings is 2. The Hall–Kier alpha value is -3.39. The highest BCUT2D eigenvalue weighted by Gasteiger charge is 2.34. The van der Waals surface area contributed by atoms with Crippen molar-refractivity contribution in [1.29, 1.82) is 0 Å². The molecule has 0 saturated heterocycles. The van der Waals surface area contributed by atoms with Gasteiger partial charge in [-0.1, -0.05) is 35.9 Å². The largest absolute Gasteiger partial charge is 0.478 e. The normalized spacial score (nSPS) is 11.7. The Morgan fingerprint density at radius 1 is 1.07 bits per heavy atom. The highest BCUT2D eigenvalue weighted by molar-refractivity contribution is 6.31. The molecule has 0 atom stereocenters. The molecule has 9 heteroatoms. The summed E-state index contributed by atoms with van der Waals surface area (Å²) in [7, 11) is 0. The summed E-state index contributed by atoms with van der Waals surface area (Å²) in [5.41, 5.74) is 0.173. The number of alkyl halides is 3. The van der Waals surface area contributed by atoms with E-state index >= 15 is 0 Å². The zero-order valence-corrected chi connectivity index (χ0v) is 15.9. The Balaban J connectivity index is 1.84. The smallest absolute Gasteiger partial charge is 0.416 e. The molecule has 0 amide bonds. The van der Waals surface area contributed by atoms with Gasteiger partial charge in [-0.2, -0.15) is 18.3 Å².